The molecule has 1 aromatic carbocycles. The lowest BCUT2D eigenvalue weighted by atomic mass is 10.1. The van der Waals surface area contributed by atoms with Gasteiger partial charge < -0.3 is 16.4 Å². The Bertz CT molecular complexity index is 738. The highest BCUT2D eigenvalue weighted by Gasteiger charge is 2.23. The molecule has 0 spiro atoms. The van der Waals surface area contributed by atoms with Gasteiger partial charge >= 0.3 is 5.69 Å². The van der Waals surface area contributed by atoms with E-state index in [1.165, 1.54) is 0 Å². The van der Waals surface area contributed by atoms with Gasteiger partial charge in [0.15, 0.2) is 0 Å². The summed E-state index contributed by atoms with van der Waals surface area (Å²) in [5.74, 6) is 0.564. The zero-order chi connectivity index (χ0) is 17.7. The monoisotopic (exact) mass is 350 g/mol. The lowest BCUT2D eigenvalue weighted by molar-refractivity contribution is -0.383. The van der Waals surface area contributed by atoms with E-state index in [1.807, 2.05) is 0 Å². The Morgan fingerprint density at radius 3 is 2.75 bits per heavy atom. The molecule has 9 heteroatoms. The molecular formula is C15H19ClN6O2. The SMILES string of the molecule is CC(C)CCNc1nc(N)c([N+](=O)[O-])c(Nc2cccc(Cl)c2)n1. The summed E-state index contributed by atoms with van der Waals surface area (Å²) < 4.78 is 0. The van der Waals surface area contributed by atoms with Crippen molar-refractivity contribution in [2.75, 3.05) is 22.9 Å². The van der Waals surface area contributed by atoms with E-state index >= 15 is 0 Å². The van der Waals surface area contributed by atoms with Crippen LogP contribution in [0.2, 0.25) is 5.02 Å². The predicted octanol–water partition coefficient (Wildman–Crippen LogP) is 3.82. The van der Waals surface area contributed by atoms with Crippen molar-refractivity contribution >= 4 is 40.6 Å². The summed E-state index contributed by atoms with van der Waals surface area (Å²) in [6.45, 7) is 4.84. The van der Waals surface area contributed by atoms with Crippen LogP contribution in [0.3, 0.4) is 0 Å². The Kier molecular flexibility index (Phi) is 5.75. The first-order chi connectivity index (χ1) is 11.4. The molecule has 128 valence electrons. The number of aromatic nitrogens is 2. The molecular weight excluding hydrogens is 332 g/mol. The van der Waals surface area contributed by atoms with Crippen molar-refractivity contribution in [3.63, 3.8) is 0 Å². The van der Waals surface area contributed by atoms with E-state index in [4.69, 9.17) is 17.3 Å². The van der Waals surface area contributed by atoms with E-state index in [-0.39, 0.29) is 23.3 Å². The van der Waals surface area contributed by atoms with Gasteiger partial charge in [0.05, 0.1) is 4.92 Å². The van der Waals surface area contributed by atoms with Gasteiger partial charge in [0.1, 0.15) is 0 Å². The van der Waals surface area contributed by atoms with Crippen LogP contribution in [0.15, 0.2) is 24.3 Å². The molecule has 0 amide bonds. The Morgan fingerprint density at radius 1 is 1.38 bits per heavy atom. The fourth-order valence-corrected chi connectivity index (χ4v) is 2.18. The Hall–Kier alpha value is -2.61. The molecule has 0 radical (unpaired) electrons. The van der Waals surface area contributed by atoms with Gasteiger partial charge in [-0.25, -0.2) is 0 Å². The summed E-state index contributed by atoms with van der Waals surface area (Å²) in [7, 11) is 0. The summed E-state index contributed by atoms with van der Waals surface area (Å²) >= 11 is 5.93. The summed E-state index contributed by atoms with van der Waals surface area (Å²) in [6, 6.07) is 6.78. The molecule has 0 saturated heterocycles. The van der Waals surface area contributed by atoms with Crippen LogP contribution in [0.1, 0.15) is 20.3 Å². The van der Waals surface area contributed by atoms with Gasteiger partial charge in [0.25, 0.3) is 0 Å². The normalized spacial score (nSPS) is 10.7. The minimum atomic E-state index is -0.611. The van der Waals surface area contributed by atoms with Gasteiger partial charge in [-0.15, -0.1) is 0 Å². The predicted molar refractivity (Wildman–Crippen MR) is 95.8 cm³/mol. The second-order valence-corrected chi connectivity index (χ2v) is 6.07. The zero-order valence-electron chi connectivity index (χ0n) is 13.4. The average molecular weight is 351 g/mol. The van der Waals surface area contributed by atoms with Crippen molar-refractivity contribution in [1.29, 1.82) is 0 Å². The number of rotatable bonds is 7. The number of nitrogens with one attached hydrogen (secondary N) is 2. The van der Waals surface area contributed by atoms with Gasteiger partial charge in [0, 0.05) is 17.3 Å². The van der Waals surface area contributed by atoms with Crippen LogP contribution >= 0.6 is 11.6 Å². The third kappa shape index (κ3) is 4.69. The molecule has 0 aliphatic carbocycles. The van der Waals surface area contributed by atoms with Gasteiger partial charge in [-0.3, -0.25) is 10.1 Å². The molecule has 1 aromatic heterocycles. The molecule has 1 heterocycles. The molecule has 0 atom stereocenters. The molecule has 2 aromatic rings. The Labute approximate surface area is 144 Å². The topological polar surface area (TPSA) is 119 Å². The van der Waals surface area contributed by atoms with Gasteiger partial charge in [0.2, 0.25) is 17.6 Å². The second kappa shape index (κ2) is 7.78. The number of hydrogen-bond donors (Lipinski definition) is 3. The molecule has 0 aliphatic rings. The summed E-state index contributed by atoms with van der Waals surface area (Å²) in [5, 5.41) is 17.7. The highest BCUT2D eigenvalue weighted by atomic mass is 35.5. The Morgan fingerprint density at radius 2 is 2.12 bits per heavy atom. The smallest absolute Gasteiger partial charge is 0.353 e. The lowest BCUT2D eigenvalue weighted by Gasteiger charge is -2.11. The van der Waals surface area contributed by atoms with Crippen molar-refractivity contribution < 1.29 is 4.92 Å². The maximum atomic E-state index is 11.3. The summed E-state index contributed by atoms with van der Waals surface area (Å²) in [5.41, 5.74) is 5.93. The highest BCUT2D eigenvalue weighted by Crippen LogP contribution is 2.31. The van der Waals surface area contributed by atoms with Crippen LogP contribution in [-0.2, 0) is 0 Å². The van der Waals surface area contributed by atoms with Crippen molar-refractivity contribution in [2.45, 2.75) is 20.3 Å². The largest absolute Gasteiger partial charge is 0.378 e. The van der Waals surface area contributed by atoms with E-state index in [0.717, 1.165) is 6.42 Å². The first-order valence-corrected chi connectivity index (χ1v) is 7.83. The molecule has 0 fully saturated rings. The first-order valence-electron chi connectivity index (χ1n) is 7.45. The number of hydrogen-bond acceptors (Lipinski definition) is 7. The van der Waals surface area contributed by atoms with Crippen LogP contribution in [0.5, 0.6) is 0 Å². The number of nitrogens with two attached hydrogens (primary N) is 1. The number of nitrogens with zero attached hydrogens (tertiary/aromatic N) is 3. The highest BCUT2D eigenvalue weighted by molar-refractivity contribution is 6.30. The molecule has 8 nitrogen and oxygen atoms in total. The van der Waals surface area contributed by atoms with Crippen molar-refractivity contribution in [3.8, 4) is 0 Å². The molecule has 0 bridgehead atoms. The van der Waals surface area contributed by atoms with Gasteiger partial charge in [-0.05, 0) is 30.5 Å². The minimum absolute atomic E-state index is 0.0156. The lowest BCUT2D eigenvalue weighted by Crippen LogP contribution is -2.12. The third-order valence-electron chi connectivity index (χ3n) is 3.19. The molecule has 0 aliphatic heterocycles. The Balaban J connectivity index is 2.31. The van der Waals surface area contributed by atoms with Gasteiger partial charge in [-0.2, -0.15) is 9.97 Å². The average Bonchev–Trinajstić information content (AvgIpc) is 2.46. The van der Waals surface area contributed by atoms with Crippen molar-refractivity contribution in [2.24, 2.45) is 5.92 Å². The third-order valence-corrected chi connectivity index (χ3v) is 3.42. The van der Waals surface area contributed by atoms with Crippen LogP contribution in [0, 0.1) is 16.0 Å². The van der Waals surface area contributed by atoms with E-state index in [2.05, 4.69) is 34.4 Å². The zero-order valence-corrected chi connectivity index (χ0v) is 14.2. The number of nitrogen functional groups attached to an aromatic ring is 1. The number of benzene rings is 1. The van der Waals surface area contributed by atoms with Crippen molar-refractivity contribution in [1.82, 2.24) is 9.97 Å². The van der Waals surface area contributed by atoms with Crippen molar-refractivity contribution in [3.05, 3.63) is 39.4 Å². The number of anilines is 4. The van der Waals surface area contributed by atoms with Gasteiger partial charge in [-0.1, -0.05) is 31.5 Å². The van der Waals surface area contributed by atoms with E-state index in [1.54, 1.807) is 24.3 Å². The molecule has 24 heavy (non-hydrogen) atoms. The fraction of sp³-hybridized carbons (Fsp3) is 0.333. The minimum Gasteiger partial charge on any atom is -0.378 e. The molecule has 2 rings (SSSR count). The first kappa shape index (κ1) is 17.7. The van der Waals surface area contributed by atoms with Crippen LogP contribution < -0.4 is 16.4 Å². The molecule has 0 saturated carbocycles. The van der Waals surface area contributed by atoms with E-state index in [0.29, 0.717) is 23.2 Å². The molecule has 0 unspecified atom stereocenters. The van der Waals surface area contributed by atoms with Crippen LogP contribution in [0.4, 0.5) is 29.0 Å². The quantitative estimate of drug-likeness (QED) is 0.512. The maximum Gasteiger partial charge on any atom is 0.353 e. The number of halogens is 1. The second-order valence-electron chi connectivity index (χ2n) is 5.63. The van der Waals surface area contributed by atoms with E-state index in [9.17, 15) is 10.1 Å². The van der Waals surface area contributed by atoms with Crippen LogP contribution in [0.25, 0.3) is 0 Å². The fourth-order valence-electron chi connectivity index (χ4n) is 1.99. The van der Waals surface area contributed by atoms with Crippen LogP contribution in [-0.4, -0.2) is 21.4 Å². The number of nitro groups is 1. The maximum absolute atomic E-state index is 11.3. The van der Waals surface area contributed by atoms with E-state index < -0.39 is 4.92 Å². The summed E-state index contributed by atoms with van der Waals surface area (Å²) in [6.07, 6.45) is 0.914. The standard InChI is InChI=1S/C15H19ClN6O2/c1-9(2)6-7-18-15-20-13(17)12(22(23)24)14(21-15)19-11-5-3-4-10(16)8-11/h3-5,8-9H,6-7H2,1-2H3,(H4,17,18,19,20,21). The summed E-state index contributed by atoms with van der Waals surface area (Å²) in [4.78, 5) is 18.8. The molecule has 4 N–H and O–H groups in total.